The minimum absolute atomic E-state index is 0.0156. The Morgan fingerprint density at radius 1 is 1.53 bits per heavy atom. The van der Waals surface area contributed by atoms with E-state index < -0.39 is 4.92 Å². The fourth-order valence-corrected chi connectivity index (χ4v) is 2.05. The fourth-order valence-electron chi connectivity index (χ4n) is 2.05. The lowest BCUT2D eigenvalue weighted by Gasteiger charge is -2.11. The predicted octanol–water partition coefficient (Wildman–Crippen LogP) is 2.70. The Kier molecular flexibility index (Phi) is 4.37. The number of hydrogen-bond donors (Lipinski definition) is 1. The Balaban J connectivity index is 2.13. The molecule has 19 heavy (non-hydrogen) atoms. The summed E-state index contributed by atoms with van der Waals surface area (Å²) >= 11 is 0. The molecular formula is C14H19NO4. The molecule has 1 aromatic rings. The van der Waals surface area contributed by atoms with Crippen molar-refractivity contribution in [3.8, 4) is 5.75 Å². The van der Waals surface area contributed by atoms with Gasteiger partial charge in [-0.15, -0.1) is 0 Å². The number of benzene rings is 1. The van der Waals surface area contributed by atoms with Gasteiger partial charge in [-0.3, -0.25) is 10.1 Å². The van der Waals surface area contributed by atoms with Crippen LogP contribution in [0.4, 0.5) is 5.69 Å². The number of nitrogens with zero attached hydrogens (tertiary/aromatic N) is 1. The van der Waals surface area contributed by atoms with Gasteiger partial charge in [-0.25, -0.2) is 0 Å². The van der Waals surface area contributed by atoms with Crippen LogP contribution in [0.3, 0.4) is 0 Å². The summed E-state index contributed by atoms with van der Waals surface area (Å²) in [7, 11) is 0. The van der Waals surface area contributed by atoms with Crippen molar-refractivity contribution in [2.45, 2.75) is 38.7 Å². The highest BCUT2D eigenvalue weighted by molar-refractivity contribution is 5.48. The maximum atomic E-state index is 10.9. The Hall–Kier alpha value is -1.62. The third-order valence-electron chi connectivity index (χ3n) is 3.29. The lowest BCUT2D eigenvalue weighted by molar-refractivity contribution is -0.385. The molecule has 0 amide bonds. The van der Waals surface area contributed by atoms with Crippen molar-refractivity contribution in [1.82, 2.24) is 0 Å². The Bertz CT molecular complexity index is 457. The largest absolute Gasteiger partial charge is 0.487 e. The topological polar surface area (TPSA) is 72.6 Å². The van der Waals surface area contributed by atoms with E-state index in [1.165, 1.54) is 6.07 Å². The van der Waals surface area contributed by atoms with Gasteiger partial charge in [-0.05, 0) is 43.2 Å². The van der Waals surface area contributed by atoms with Crippen LogP contribution in [-0.2, 0) is 6.42 Å². The van der Waals surface area contributed by atoms with Crippen molar-refractivity contribution in [2.75, 3.05) is 6.61 Å². The van der Waals surface area contributed by atoms with Crippen molar-refractivity contribution in [1.29, 1.82) is 0 Å². The first-order valence-corrected chi connectivity index (χ1v) is 6.70. The number of rotatable bonds is 7. The maximum absolute atomic E-state index is 10.9. The van der Waals surface area contributed by atoms with Crippen LogP contribution in [0, 0.1) is 16.0 Å². The zero-order valence-electron chi connectivity index (χ0n) is 11.0. The van der Waals surface area contributed by atoms with E-state index in [2.05, 4.69) is 0 Å². The van der Waals surface area contributed by atoms with E-state index in [1.54, 1.807) is 12.1 Å². The average molecular weight is 265 g/mol. The van der Waals surface area contributed by atoms with E-state index in [0.29, 0.717) is 24.7 Å². The number of aliphatic hydroxyl groups is 1. The zero-order valence-corrected chi connectivity index (χ0v) is 11.0. The van der Waals surface area contributed by atoms with E-state index in [9.17, 15) is 15.2 Å². The molecule has 0 heterocycles. The molecule has 1 atom stereocenters. The first-order valence-electron chi connectivity index (χ1n) is 6.70. The second kappa shape index (κ2) is 6.02. The molecule has 0 bridgehead atoms. The van der Waals surface area contributed by atoms with Gasteiger partial charge in [0.25, 0.3) is 0 Å². The van der Waals surface area contributed by atoms with Gasteiger partial charge in [0.2, 0.25) is 0 Å². The molecule has 104 valence electrons. The Labute approximate surface area is 112 Å². The van der Waals surface area contributed by atoms with Crippen LogP contribution in [0.1, 0.15) is 31.7 Å². The summed E-state index contributed by atoms with van der Waals surface area (Å²) in [4.78, 5) is 10.5. The molecule has 1 aromatic carbocycles. The quantitative estimate of drug-likeness (QED) is 0.607. The van der Waals surface area contributed by atoms with Crippen molar-refractivity contribution in [3.63, 3.8) is 0 Å². The molecule has 0 radical (unpaired) electrons. The van der Waals surface area contributed by atoms with Crippen LogP contribution in [0.2, 0.25) is 0 Å². The summed E-state index contributed by atoms with van der Waals surface area (Å²) in [6, 6.07) is 4.84. The van der Waals surface area contributed by atoms with Gasteiger partial charge in [0.05, 0.1) is 17.6 Å². The fraction of sp³-hybridized carbons (Fsp3) is 0.571. The zero-order chi connectivity index (χ0) is 13.8. The molecule has 5 nitrogen and oxygen atoms in total. The Morgan fingerprint density at radius 3 is 2.84 bits per heavy atom. The van der Waals surface area contributed by atoms with Crippen molar-refractivity contribution in [2.24, 2.45) is 5.92 Å². The lowest BCUT2D eigenvalue weighted by Crippen LogP contribution is -2.13. The molecule has 0 aliphatic heterocycles. The van der Waals surface area contributed by atoms with Gasteiger partial charge in [-0.1, -0.05) is 13.0 Å². The van der Waals surface area contributed by atoms with Crippen LogP contribution >= 0.6 is 0 Å². The van der Waals surface area contributed by atoms with Gasteiger partial charge in [0, 0.05) is 6.07 Å². The third-order valence-corrected chi connectivity index (χ3v) is 3.29. The van der Waals surface area contributed by atoms with Gasteiger partial charge in [0.1, 0.15) is 0 Å². The van der Waals surface area contributed by atoms with Gasteiger partial charge in [0.15, 0.2) is 5.75 Å². The van der Waals surface area contributed by atoms with Gasteiger partial charge in [-0.2, -0.15) is 0 Å². The first-order chi connectivity index (χ1) is 9.11. The molecule has 2 rings (SSSR count). The molecule has 1 aliphatic rings. The summed E-state index contributed by atoms with van der Waals surface area (Å²) in [5, 5.41) is 20.8. The summed E-state index contributed by atoms with van der Waals surface area (Å²) in [6.07, 6.45) is 3.14. The Morgan fingerprint density at radius 2 is 2.26 bits per heavy atom. The second-order valence-corrected chi connectivity index (χ2v) is 5.02. The van der Waals surface area contributed by atoms with Crippen molar-refractivity contribution >= 4 is 5.69 Å². The molecule has 0 aromatic heterocycles. The number of ether oxygens (including phenoxy) is 1. The highest BCUT2D eigenvalue weighted by Crippen LogP contribution is 2.35. The summed E-state index contributed by atoms with van der Waals surface area (Å²) in [6.45, 7) is 2.40. The van der Waals surface area contributed by atoms with Gasteiger partial charge < -0.3 is 9.84 Å². The lowest BCUT2D eigenvalue weighted by atomic mass is 10.0. The monoisotopic (exact) mass is 265 g/mol. The smallest absolute Gasteiger partial charge is 0.310 e. The van der Waals surface area contributed by atoms with Crippen LogP contribution in [0.15, 0.2) is 18.2 Å². The van der Waals surface area contributed by atoms with E-state index in [4.69, 9.17) is 4.74 Å². The van der Waals surface area contributed by atoms with Crippen LogP contribution in [0.25, 0.3) is 0 Å². The maximum Gasteiger partial charge on any atom is 0.310 e. The minimum Gasteiger partial charge on any atom is -0.487 e. The van der Waals surface area contributed by atoms with Crippen LogP contribution in [0.5, 0.6) is 5.75 Å². The molecule has 1 N–H and O–H groups in total. The molecule has 1 saturated carbocycles. The van der Waals surface area contributed by atoms with Gasteiger partial charge >= 0.3 is 5.69 Å². The molecule has 1 aliphatic carbocycles. The molecule has 0 saturated heterocycles. The molecule has 5 heteroatoms. The first kappa shape index (κ1) is 13.8. The number of nitro groups is 1. The SMILES string of the molecule is CCCOc1cc(CC(O)C2CC2)ccc1[N+](=O)[O-]. The average Bonchev–Trinajstić information content (AvgIpc) is 3.20. The van der Waals surface area contributed by atoms with E-state index in [0.717, 1.165) is 24.8 Å². The van der Waals surface area contributed by atoms with Crippen molar-refractivity contribution in [3.05, 3.63) is 33.9 Å². The minimum atomic E-state index is -0.438. The number of aliphatic hydroxyl groups excluding tert-OH is 1. The molecule has 0 spiro atoms. The van der Waals surface area contributed by atoms with E-state index in [1.807, 2.05) is 6.92 Å². The highest BCUT2D eigenvalue weighted by Gasteiger charge is 2.30. The van der Waals surface area contributed by atoms with Crippen molar-refractivity contribution < 1.29 is 14.8 Å². The molecule has 1 fully saturated rings. The number of hydrogen-bond acceptors (Lipinski definition) is 4. The van der Waals surface area contributed by atoms with E-state index >= 15 is 0 Å². The number of nitro benzene ring substituents is 1. The summed E-state index contributed by atoms with van der Waals surface area (Å²) in [5.41, 5.74) is 0.870. The van der Waals surface area contributed by atoms with Crippen LogP contribution in [-0.4, -0.2) is 22.7 Å². The normalized spacial score (nSPS) is 16.1. The van der Waals surface area contributed by atoms with Crippen LogP contribution < -0.4 is 4.74 Å². The molecular weight excluding hydrogens is 246 g/mol. The summed E-state index contributed by atoms with van der Waals surface area (Å²) in [5.74, 6) is 0.697. The second-order valence-electron chi connectivity index (χ2n) is 5.02. The molecule has 1 unspecified atom stereocenters. The predicted molar refractivity (Wildman–Crippen MR) is 71.3 cm³/mol. The van der Waals surface area contributed by atoms with E-state index in [-0.39, 0.29) is 11.8 Å². The highest BCUT2D eigenvalue weighted by atomic mass is 16.6. The summed E-state index contributed by atoms with van der Waals surface area (Å²) < 4.78 is 5.42. The third kappa shape index (κ3) is 3.67. The standard InChI is InChI=1S/C14H19NO4/c1-2-7-19-14-9-10(3-6-12(14)15(17)18)8-13(16)11-4-5-11/h3,6,9,11,13,16H,2,4-5,7-8H2,1H3.